The van der Waals surface area contributed by atoms with E-state index in [0.717, 1.165) is 15.4 Å². The van der Waals surface area contributed by atoms with Gasteiger partial charge in [-0.2, -0.15) is 8.61 Å². The minimum atomic E-state index is -3.95. The average Bonchev–Trinajstić information content (AvgIpc) is 3.38. The lowest BCUT2D eigenvalue weighted by Crippen LogP contribution is -2.63. The zero-order chi connectivity index (χ0) is 25.1. The second-order valence-electron chi connectivity index (χ2n) is 9.20. The van der Waals surface area contributed by atoms with Crippen molar-refractivity contribution in [2.24, 2.45) is 0 Å². The Morgan fingerprint density at radius 1 is 0.714 bits per heavy atom. The first-order valence-electron chi connectivity index (χ1n) is 11.5. The molecule has 0 radical (unpaired) electrons. The first kappa shape index (κ1) is 24.8. The van der Waals surface area contributed by atoms with Crippen LogP contribution in [-0.4, -0.2) is 98.4 Å². The van der Waals surface area contributed by atoms with Crippen molar-refractivity contribution >= 4 is 20.0 Å². The standard InChI is InChI=1S/C23H30N4O6S2/c1-16-4-8-18(9-5-16)34(29,30)26-14-12-24-20-22(28)27(15-13-25(20)23(33-3)21(24)26)35(31,32)19-10-6-17(2)7-11-19/h4-11,20-23,28H,12-15H2,1-3H3. The van der Waals surface area contributed by atoms with Crippen LogP contribution in [0.3, 0.4) is 0 Å². The van der Waals surface area contributed by atoms with Gasteiger partial charge < -0.3 is 9.84 Å². The maximum absolute atomic E-state index is 13.5. The van der Waals surface area contributed by atoms with Gasteiger partial charge in [-0.3, -0.25) is 9.80 Å². The first-order valence-corrected chi connectivity index (χ1v) is 14.3. The lowest BCUT2D eigenvalue weighted by Gasteiger charge is -2.43. The molecule has 3 aliphatic rings. The Balaban J connectivity index is 1.46. The Bertz CT molecular complexity index is 1300. The van der Waals surface area contributed by atoms with E-state index < -0.39 is 44.8 Å². The van der Waals surface area contributed by atoms with Gasteiger partial charge in [0.2, 0.25) is 20.0 Å². The number of piperazine rings is 1. The molecule has 0 spiro atoms. The predicted molar refractivity (Wildman–Crippen MR) is 128 cm³/mol. The number of hydrogen-bond acceptors (Lipinski definition) is 8. The van der Waals surface area contributed by atoms with Crippen molar-refractivity contribution in [3.8, 4) is 0 Å². The summed E-state index contributed by atoms with van der Waals surface area (Å²) in [7, 11) is -6.28. The van der Waals surface area contributed by atoms with Gasteiger partial charge in [-0.15, -0.1) is 0 Å². The summed E-state index contributed by atoms with van der Waals surface area (Å²) in [6.07, 6.45) is -3.47. The molecule has 0 bridgehead atoms. The van der Waals surface area contributed by atoms with E-state index in [1.165, 1.54) is 23.5 Å². The van der Waals surface area contributed by atoms with E-state index in [4.69, 9.17) is 4.74 Å². The lowest BCUT2D eigenvalue weighted by molar-refractivity contribution is -0.119. The van der Waals surface area contributed by atoms with Crippen molar-refractivity contribution in [1.82, 2.24) is 18.4 Å². The molecule has 0 saturated carbocycles. The molecular weight excluding hydrogens is 492 g/mol. The summed E-state index contributed by atoms with van der Waals surface area (Å²) in [6.45, 7) is 4.66. The molecule has 2 aromatic rings. The molecule has 1 N–H and O–H groups in total. The Kier molecular flexibility index (Phi) is 6.29. The number of hydrogen-bond donors (Lipinski definition) is 1. The van der Waals surface area contributed by atoms with Crippen LogP contribution in [0, 0.1) is 13.8 Å². The van der Waals surface area contributed by atoms with Crippen LogP contribution in [0.5, 0.6) is 0 Å². The number of nitrogens with zero attached hydrogens (tertiary/aromatic N) is 4. The van der Waals surface area contributed by atoms with Crippen LogP contribution >= 0.6 is 0 Å². The van der Waals surface area contributed by atoms with Crippen LogP contribution in [0.1, 0.15) is 11.1 Å². The van der Waals surface area contributed by atoms with E-state index in [0.29, 0.717) is 6.54 Å². The maximum atomic E-state index is 13.5. The average molecular weight is 523 g/mol. The van der Waals surface area contributed by atoms with Gasteiger partial charge in [-0.25, -0.2) is 16.8 Å². The Hall–Kier alpha value is -1.90. The van der Waals surface area contributed by atoms with Crippen molar-refractivity contribution in [1.29, 1.82) is 0 Å². The number of aryl methyl sites for hydroxylation is 2. The summed E-state index contributed by atoms with van der Waals surface area (Å²) in [5, 5.41) is 11.3. The van der Waals surface area contributed by atoms with Gasteiger partial charge in [0.1, 0.15) is 24.8 Å². The molecule has 190 valence electrons. The van der Waals surface area contributed by atoms with Gasteiger partial charge in [0.15, 0.2) is 0 Å². The number of ether oxygens (including phenoxy) is 1. The topological polar surface area (TPSA) is 111 Å². The molecule has 4 atom stereocenters. The van der Waals surface area contributed by atoms with Gasteiger partial charge in [0.05, 0.1) is 9.79 Å². The molecule has 5 rings (SSSR count). The number of fused-ring (bicyclic) bond motifs is 3. The number of benzene rings is 2. The van der Waals surface area contributed by atoms with E-state index in [1.54, 1.807) is 36.4 Å². The largest absolute Gasteiger partial charge is 0.374 e. The van der Waals surface area contributed by atoms with Crippen molar-refractivity contribution in [2.75, 3.05) is 33.3 Å². The summed E-state index contributed by atoms with van der Waals surface area (Å²) in [5.41, 5.74) is 1.89. The fourth-order valence-electron chi connectivity index (χ4n) is 5.32. The van der Waals surface area contributed by atoms with E-state index in [1.807, 2.05) is 23.6 Å². The van der Waals surface area contributed by atoms with Crippen molar-refractivity contribution in [3.63, 3.8) is 0 Å². The van der Waals surface area contributed by atoms with E-state index >= 15 is 0 Å². The molecule has 2 aromatic carbocycles. The minimum Gasteiger partial charge on any atom is -0.374 e. The van der Waals surface area contributed by atoms with Gasteiger partial charge in [-0.1, -0.05) is 35.4 Å². The number of aliphatic hydroxyl groups is 1. The second kappa shape index (κ2) is 8.89. The van der Waals surface area contributed by atoms with Gasteiger partial charge in [0, 0.05) is 33.3 Å². The third-order valence-electron chi connectivity index (χ3n) is 7.11. The summed E-state index contributed by atoms with van der Waals surface area (Å²) < 4.78 is 62.0. The highest BCUT2D eigenvalue weighted by molar-refractivity contribution is 7.89. The molecule has 0 amide bonds. The molecule has 3 heterocycles. The zero-order valence-corrected chi connectivity index (χ0v) is 21.5. The van der Waals surface area contributed by atoms with E-state index in [9.17, 15) is 21.9 Å². The van der Waals surface area contributed by atoms with E-state index in [2.05, 4.69) is 0 Å². The monoisotopic (exact) mass is 522 g/mol. The van der Waals surface area contributed by atoms with Gasteiger partial charge >= 0.3 is 0 Å². The van der Waals surface area contributed by atoms with Crippen molar-refractivity contribution < 1.29 is 26.7 Å². The molecule has 0 aromatic heterocycles. The molecule has 4 unspecified atom stereocenters. The van der Waals surface area contributed by atoms with Crippen LogP contribution in [0.2, 0.25) is 0 Å². The Morgan fingerprint density at radius 3 is 1.69 bits per heavy atom. The predicted octanol–water partition coefficient (Wildman–Crippen LogP) is 0.573. The highest BCUT2D eigenvalue weighted by Crippen LogP contribution is 2.40. The van der Waals surface area contributed by atoms with E-state index in [-0.39, 0.29) is 29.4 Å². The van der Waals surface area contributed by atoms with Crippen LogP contribution in [0.25, 0.3) is 0 Å². The molecule has 35 heavy (non-hydrogen) atoms. The number of aliphatic hydroxyl groups excluding tert-OH is 1. The fraction of sp³-hybridized carbons (Fsp3) is 0.478. The molecule has 12 heteroatoms. The van der Waals surface area contributed by atoms with Crippen LogP contribution in [0.4, 0.5) is 0 Å². The maximum Gasteiger partial charge on any atom is 0.245 e. The number of rotatable bonds is 5. The third-order valence-corrected chi connectivity index (χ3v) is 10.9. The van der Waals surface area contributed by atoms with Crippen molar-refractivity contribution in [2.45, 2.75) is 48.4 Å². The number of methoxy groups -OCH3 is 1. The highest BCUT2D eigenvalue weighted by atomic mass is 32.2. The summed E-state index contributed by atoms with van der Waals surface area (Å²) in [4.78, 5) is 3.99. The van der Waals surface area contributed by atoms with Gasteiger partial charge in [-0.05, 0) is 38.1 Å². The first-order chi connectivity index (χ1) is 16.6. The summed E-state index contributed by atoms with van der Waals surface area (Å²) in [6, 6.07) is 13.2. The quantitative estimate of drug-likeness (QED) is 0.607. The van der Waals surface area contributed by atoms with Crippen LogP contribution in [0.15, 0.2) is 58.3 Å². The van der Waals surface area contributed by atoms with Gasteiger partial charge in [0.25, 0.3) is 0 Å². The Labute approximate surface area is 206 Å². The second-order valence-corrected chi connectivity index (χ2v) is 13.0. The molecule has 3 aliphatic heterocycles. The highest BCUT2D eigenvalue weighted by Gasteiger charge is 2.60. The number of sulfonamides is 2. The van der Waals surface area contributed by atoms with Crippen LogP contribution in [-0.2, 0) is 24.8 Å². The van der Waals surface area contributed by atoms with Crippen LogP contribution < -0.4 is 0 Å². The SMILES string of the molecule is COC1C2N(CCN2S(=O)(=O)c2ccc(C)cc2)C2C(O)N(S(=O)(=O)c3ccc(C)cc3)CCN12. The molecule has 3 fully saturated rings. The minimum absolute atomic E-state index is 0.0546. The fourth-order valence-corrected chi connectivity index (χ4v) is 8.37. The normalized spacial score (nSPS) is 28.8. The molecule has 0 aliphatic carbocycles. The summed E-state index contributed by atoms with van der Waals surface area (Å²) in [5.74, 6) is 0. The molecule has 10 nitrogen and oxygen atoms in total. The third kappa shape index (κ3) is 3.92. The van der Waals surface area contributed by atoms with Crippen molar-refractivity contribution in [3.05, 3.63) is 59.7 Å². The Morgan fingerprint density at radius 2 is 1.17 bits per heavy atom. The lowest BCUT2D eigenvalue weighted by atomic mass is 10.2. The summed E-state index contributed by atoms with van der Waals surface area (Å²) >= 11 is 0. The smallest absolute Gasteiger partial charge is 0.245 e. The molecular formula is C23H30N4O6S2. The molecule has 3 saturated heterocycles. The zero-order valence-electron chi connectivity index (χ0n) is 19.9.